The highest BCUT2D eigenvalue weighted by Gasteiger charge is 2.16. The first kappa shape index (κ1) is 26.2. The van der Waals surface area contributed by atoms with E-state index in [1.807, 2.05) is 13.8 Å². The summed E-state index contributed by atoms with van der Waals surface area (Å²) in [6.07, 6.45) is 1.61. The van der Waals surface area contributed by atoms with Crippen LogP contribution in [0.5, 0.6) is 0 Å². The molecule has 0 aliphatic heterocycles. The molecule has 0 fully saturated rings. The van der Waals surface area contributed by atoms with Crippen molar-refractivity contribution < 1.29 is 19.2 Å². The van der Waals surface area contributed by atoms with Crippen LogP contribution in [0.15, 0.2) is 72.8 Å². The standard InChI is InChI=1S/C28H30N4O4/c1-3-17-29-27(35)21-9-5-7-11-23(21)31-25(33)19-13-15-20(16-14-19)26(34)32-24-12-8-6-10-22(24)28(36)30-18-4-2/h5-16H,3-4,17-18H2,1-2H3,(H,29,35)(H,30,36)(H,31,33)(H,32,34). The summed E-state index contributed by atoms with van der Waals surface area (Å²) in [5.41, 5.74) is 2.20. The lowest BCUT2D eigenvalue weighted by Crippen LogP contribution is -2.26. The molecule has 0 heterocycles. The molecule has 4 N–H and O–H groups in total. The number of hydrogen-bond acceptors (Lipinski definition) is 4. The molecule has 3 rings (SSSR count). The quantitative estimate of drug-likeness (QED) is 0.338. The molecule has 3 aromatic rings. The Kier molecular flexibility index (Phi) is 9.33. The van der Waals surface area contributed by atoms with Crippen LogP contribution in [0, 0.1) is 0 Å². The van der Waals surface area contributed by atoms with Gasteiger partial charge in [-0.2, -0.15) is 0 Å². The first-order valence-electron chi connectivity index (χ1n) is 11.9. The second-order valence-corrected chi connectivity index (χ2v) is 8.09. The molecule has 0 atom stereocenters. The summed E-state index contributed by atoms with van der Waals surface area (Å²) in [7, 11) is 0. The Morgan fingerprint density at radius 2 is 0.889 bits per heavy atom. The van der Waals surface area contributed by atoms with Crippen LogP contribution in [-0.2, 0) is 0 Å². The van der Waals surface area contributed by atoms with Crippen LogP contribution in [0.3, 0.4) is 0 Å². The normalized spacial score (nSPS) is 10.3. The number of anilines is 2. The Bertz CT molecular complexity index is 1140. The van der Waals surface area contributed by atoms with Crippen molar-refractivity contribution in [2.45, 2.75) is 26.7 Å². The lowest BCUT2D eigenvalue weighted by molar-refractivity contribution is 0.0945. The van der Waals surface area contributed by atoms with Gasteiger partial charge < -0.3 is 21.3 Å². The topological polar surface area (TPSA) is 116 Å². The smallest absolute Gasteiger partial charge is 0.255 e. The number of carbonyl (C=O) groups is 4. The molecule has 0 saturated carbocycles. The maximum absolute atomic E-state index is 12.8. The van der Waals surface area contributed by atoms with Gasteiger partial charge in [0.05, 0.1) is 22.5 Å². The number of para-hydroxylation sites is 2. The summed E-state index contributed by atoms with van der Waals surface area (Å²) in [6, 6.07) is 19.7. The number of benzene rings is 3. The van der Waals surface area contributed by atoms with Gasteiger partial charge in [0.2, 0.25) is 0 Å². The third kappa shape index (κ3) is 6.79. The highest BCUT2D eigenvalue weighted by atomic mass is 16.2. The molecule has 0 aliphatic rings. The Hall–Kier alpha value is -4.46. The van der Waals surface area contributed by atoms with Crippen molar-refractivity contribution in [1.82, 2.24) is 10.6 Å². The summed E-state index contributed by atoms with van der Waals surface area (Å²) in [6.45, 7) is 5.00. The molecular formula is C28H30N4O4. The fraction of sp³-hybridized carbons (Fsp3) is 0.214. The summed E-state index contributed by atoms with van der Waals surface area (Å²) >= 11 is 0. The van der Waals surface area contributed by atoms with Gasteiger partial charge in [-0.3, -0.25) is 19.2 Å². The average Bonchev–Trinajstić information content (AvgIpc) is 2.91. The molecule has 0 aromatic heterocycles. The van der Waals surface area contributed by atoms with Crippen molar-refractivity contribution in [2.24, 2.45) is 0 Å². The van der Waals surface area contributed by atoms with Crippen molar-refractivity contribution in [2.75, 3.05) is 23.7 Å². The van der Waals surface area contributed by atoms with Gasteiger partial charge in [-0.15, -0.1) is 0 Å². The predicted molar refractivity (Wildman–Crippen MR) is 140 cm³/mol. The second kappa shape index (κ2) is 12.9. The molecule has 36 heavy (non-hydrogen) atoms. The monoisotopic (exact) mass is 486 g/mol. The minimum atomic E-state index is -0.407. The lowest BCUT2D eigenvalue weighted by Gasteiger charge is -2.12. The molecule has 8 nitrogen and oxygen atoms in total. The fourth-order valence-corrected chi connectivity index (χ4v) is 3.41. The third-order valence-corrected chi connectivity index (χ3v) is 5.32. The number of rotatable bonds is 10. The van der Waals surface area contributed by atoms with E-state index in [9.17, 15) is 19.2 Å². The van der Waals surface area contributed by atoms with E-state index in [-0.39, 0.29) is 11.8 Å². The molecule has 3 aromatic carbocycles. The van der Waals surface area contributed by atoms with Gasteiger partial charge >= 0.3 is 0 Å². The van der Waals surface area contributed by atoms with E-state index in [4.69, 9.17) is 0 Å². The van der Waals surface area contributed by atoms with E-state index in [0.717, 1.165) is 12.8 Å². The maximum Gasteiger partial charge on any atom is 0.255 e. The number of nitrogens with one attached hydrogen (secondary N) is 4. The highest BCUT2D eigenvalue weighted by Crippen LogP contribution is 2.18. The largest absolute Gasteiger partial charge is 0.352 e. The number of amides is 4. The Morgan fingerprint density at radius 1 is 0.528 bits per heavy atom. The van der Waals surface area contributed by atoms with E-state index >= 15 is 0 Å². The lowest BCUT2D eigenvalue weighted by atomic mass is 10.1. The van der Waals surface area contributed by atoms with Crippen molar-refractivity contribution in [1.29, 1.82) is 0 Å². The molecule has 0 spiro atoms. The summed E-state index contributed by atoms with van der Waals surface area (Å²) < 4.78 is 0. The van der Waals surface area contributed by atoms with Gasteiger partial charge in [-0.25, -0.2) is 0 Å². The Morgan fingerprint density at radius 3 is 1.25 bits per heavy atom. The first-order valence-corrected chi connectivity index (χ1v) is 11.9. The van der Waals surface area contributed by atoms with Gasteiger partial charge in [0, 0.05) is 24.2 Å². The summed E-state index contributed by atoms with van der Waals surface area (Å²) in [5.74, 6) is -1.34. The van der Waals surface area contributed by atoms with Crippen LogP contribution in [0.25, 0.3) is 0 Å². The minimum absolute atomic E-state index is 0.261. The molecule has 0 bridgehead atoms. The first-order chi connectivity index (χ1) is 17.4. The van der Waals surface area contributed by atoms with E-state index in [1.54, 1.807) is 48.5 Å². The molecule has 0 unspecified atom stereocenters. The van der Waals surface area contributed by atoms with E-state index in [1.165, 1.54) is 24.3 Å². The molecule has 8 heteroatoms. The zero-order valence-electron chi connectivity index (χ0n) is 20.4. The molecule has 0 radical (unpaired) electrons. The summed E-state index contributed by atoms with van der Waals surface area (Å²) in [5, 5.41) is 11.1. The second-order valence-electron chi connectivity index (χ2n) is 8.09. The van der Waals surface area contributed by atoms with Gasteiger partial charge in [-0.05, 0) is 61.4 Å². The van der Waals surface area contributed by atoms with Crippen LogP contribution >= 0.6 is 0 Å². The Labute approximate surface area is 210 Å². The predicted octanol–water partition coefficient (Wildman–Crippen LogP) is 4.47. The van der Waals surface area contributed by atoms with E-state index < -0.39 is 11.8 Å². The van der Waals surface area contributed by atoms with Crippen molar-refractivity contribution >= 4 is 35.0 Å². The van der Waals surface area contributed by atoms with E-state index in [2.05, 4.69) is 21.3 Å². The van der Waals surface area contributed by atoms with Gasteiger partial charge in [0.1, 0.15) is 0 Å². The Balaban J connectivity index is 1.69. The van der Waals surface area contributed by atoms with Crippen LogP contribution in [0.4, 0.5) is 11.4 Å². The summed E-state index contributed by atoms with van der Waals surface area (Å²) in [4.78, 5) is 50.4. The number of carbonyl (C=O) groups excluding carboxylic acids is 4. The molecular weight excluding hydrogens is 456 g/mol. The zero-order chi connectivity index (χ0) is 25.9. The van der Waals surface area contributed by atoms with Gasteiger partial charge in [0.15, 0.2) is 0 Å². The maximum atomic E-state index is 12.8. The van der Waals surface area contributed by atoms with Gasteiger partial charge in [0.25, 0.3) is 23.6 Å². The van der Waals surface area contributed by atoms with Gasteiger partial charge in [-0.1, -0.05) is 38.1 Å². The van der Waals surface area contributed by atoms with Crippen LogP contribution in [-0.4, -0.2) is 36.7 Å². The minimum Gasteiger partial charge on any atom is -0.352 e. The molecule has 0 aliphatic carbocycles. The average molecular weight is 487 g/mol. The van der Waals surface area contributed by atoms with Crippen molar-refractivity contribution in [3.05, 3.63) is 95.1 Å². The fourth-order valence-electron chi connectivity index (χ4n) is 3.41. The number of hydrogen-bond donors (Lipinski definition) is 4. The molecule has 4 amide bonds. The van der Waals surface area contributed by atoms with Crippen LogP contribution in [0.1, 0.15) is 68.1 Å². The zero-order valence-corrected chi connectivity index (χ0v) is 20.4. The van der Waals surface area contributed by atoms with Crippen molar-refractivity contribution in [3.63, 3.8) is 0 Å². The highest BCUT2D eigenvalue weighted by molar-refractivity contribution is 6.11. The molecule has 186 valence electrons. The molecule has 0 saturated heterocycles. The van der Waals surface area contributed by atoms with E-state index in [0.29, 0.717) is 46.7 Å². The SMILES string of the molecule is CCCNC(=O)c1ccccc1NC(=O)c1ccc(C(=O)Nc2ccccc2C(=O)NCCC)cc1. The van der Waals surface area contributed by atoms with Crippen LogP contribution in [0.2, 0.25) is 0 Å². The third-order valence-electron chi connectivity index (χ3n) is 5.32. The van der Waals surface area contributed by atoms with Crippen LogP contribution < -0.4 is 21.3 Å². The van der Waals surface area contributed by atoms with Crippen molar-refractivity contribution in [3.8, 4) is 0 Å².